The van der Waals surface area contributed by atoms with Crippen LogP contribution in [0.1, 0.15) is 36.3 Å². The van der Waals surface area contributed by atoms with Gasteiger partial charge in [0.25, 0.3) is 0 Å². The molecule has 0 aliphatic carbocycles. The second-order valence-electron chi connectivity index (χ2n) is 6.70. The van der Waals surface area contributed by atoms with Crippen molar-refractivity contribution in [3.8, 4) is 17.2 Å². The van der Waals surface area contributed by atoms with Crippen LogP contribution in [0.2, 0.25) is 0 Å². The van der Waals surface area contributed by atoms with Crippen LogP contribution in [0.3, 0.4) is 0 Å². The molecule has 136 valence electrons. The van der Waals surface area contributed by atoms with Crippen LogP contribution >= 0.6 is 0 Å². The predicted molar refractivity (Wildman–Crippen MR) is 97.8 cm³/mol. The summed E-state index contributed by atoms with van der Waals surface area (Å²) in [6, 6.07) is 13.8. The first-order valence-corrected chi connectivity index (χ1v) is 9.06. The Bertz CT molecular complexity index is 798. The highest BCUT2D eigenvalue weighted by atomic mass is 16.7. The Morgan fingerprint density at radius 2 is 1.88 bits per heavy atom. The number of benzene rings is 2. The van der Waals surface area contributed by atoms with Crippen LogP contribution in [-0.4, -0.2) is 37.8 Å². The monoisotopic (exact) mass is 353 g/mol. The van der Waals surface area contributed by atoms with Crippen LogP contribution in [0.25, 0.3) is 0 Å². The first-order valence-electron chi connectivity index (χ1n) is 9.06. The molecule has 1 fully saturated rings. The number of methoxy groups -OCH3 is 1. The smallest absolute Gasteiger partial charge is 0.231 e. The van der Waals surface area contributed by atoms with Crippen molar-refractivity contribution in [2.24, 2.45) is 0 Å². The molecule has 0 aromatic heterocycles. The molecule has 4 rings (SSSR count). The van der Waals surface area contributed by atoms with E-state index in [1.54, 1.807) is 7.11 Å². The van der Waals surface area contributed by atoms with Crippen molar-refractivity contribution in [1.29, 1.82) is 0 Å². The van der Waals surface area contributed by atoms with Gasteiger partial charge in [-0.2, -0.15) is 0 Å². The third-order valence-corrected chi connectivity index (χ3v) is 5.15. The number of fused-ring (bicyclic) bond motifs is 1. The van der Waals surface area contributed by atoms with E-state index in [-0.39, 0.29) is 18.6 Å². The molecular weight excluding hydrogens is 330 g/mol. The van der Waals surface area contributed by atoms with E-state index in [2.05, 4.69) is 0 Å². The van der Waals surface area contributed by atoms with E-state index in [0.29, 0.717) is 6.42 Å². The molecule has 0 spiro atoms. The number of rotatable bonds is 5. The molecule has 2 aromatic carbocycles. The average molecular weight is 353 g/mol. The van der Waals surface area contributed by atoms with Gasteiger partial charge in [-0.05, 0) is 36.6 Å². The summed E-state index contributed by atoms with van der Waals surface area (Å²) in [7, 11) is 1.66. The van der Waals surface area contributed by atoms with Crippen molar-refractivity contribution in [2.75, 3.05) is 27.0 Å². The lowest BCUT2D eigenvalue weighted by molar-refractivity contribution is -0.130. The molecule has 0 bridgehead atoms. The second-order valence-corrected chi connectivity index (χ2v) is 6.70. The molecule has 5 heteroatoms. The van der Waals surface area contributed by atoms with E-state index < -0.39 is 0 Å². The van der Waals surface area contributed by atoms with E-state index in [9.17, 15) is 4.79 Å². The van der Waals surface area contributed by atoms with Crippen LogP contribution < -0.4 is 14.2 Å². The number of hydrogen-bond donors (Lipinski definition) is 0. The zero-order chi connectivity index (χ0) is 17.9. The van der Waals surface area contributed by atoms with Gasteiger partial charge >= 0.3 is 0 Å². The number of ether oxygens (including phenoxy) is 3. The zero-order valence-electron chi connectivity index (χ0n) is 14.9. The minimum absolute atomic E-state index is 0.0891. The number of likely N-dealkylation sites (tertiary alicyclic amines) is 1. The molecule has 0 N–H and O–H groups in total. The Kier molecular flexibility index (Phi) is 4.69. The van der Waals surface area contributed by atoms with Crippen LogP contribution in [0.4, 0.5) is 0 Å². The lowest BCUT2D eigenvalue weighted by Crippen LogP contribution is -2.29. The molecule has 1 atom stereocenters. The van der Waals surface area contributed by atoms with E-state index in [4.69, 9.17) is 14.2 Å². The molecule has 0 radical (unpaired) electrons. The maximum atomic E-state index is 12.9. The Labute approximate surface area is 153 Å². The Morgan fingerprint density at radius 3 is 2.69 bits per heavy atom. The number of nitrogens with zero attached hydrogens (tertiary/aromatic N) is 1. The maximum Gasteiger partial charge on any atom is 0.231 e. The fraction of sp³-hybridized carbons (Fsp3) is 0.381. The Hall–Kier alpha value is -2.69. The molecular formula is C21H23NO4. The van der Waals surface area contributed by atoms with Crippen molar-refractivity contribution in [2.45, 2.75) is 25.2 Å². The van der Waals surface area contributed by atoms with Gasteiger partial charge in [-0.25, -0.2) is 0 Å². The van der Waals surface area contributed by atoms with Crippen LogP contribution in [0.15, 0.2) is 42.5 Å². The van der Waals surface area contributed by atoms with E-state index in [0.717, 1.165) is 54.3 Å². The molecule has 1 saturated heterocycles. The Balaban J connectivity index is 1.70. The third-order valence-electron chi connectivity index (χ3n) is 5.15. The van der Waals surface area contributed by atoms with Gasteiger partial charge in [0.1, 0.15) is 5.75 Å². The van der Waals surface area contributed by atoms with Gasteiger partial charge in [0.05, 0.1) is 7.11 Å². The fourth-order valence-electron chi connectivity index (χ4n) is 3.76. The van der Waals surface area contributed by atoms with Crippen molar-refractivity contribution >= 4 is 5.91 Å². The van der Waals surface area contributed by atoms with Crippen molar-refractivity contribution in [3.05, 3.63) is 53.6 Å². The first kappa shape index (κ1) is 16.8. The summed E-state index contributed by atoms with van der Waals surface area (Å²) in [5.74, 6) is 2.38. The summed E-state index contributed by atoms with van der Waals surface area (Å²) in [4.78, 5) is 14.8. The number of para-hydroxylation sites is 1. The van der Waals surface area contributed by atoms with Gasteiger partial charge in [0, 0.05) is 31.0 Å². The molecule has 0 saturated carbocycles. The van der Waals surface area contributed by atoms with Crippen molar-refractivity contribution in [3.63, 3.8) is 0 Å². The number of carbonyl (C=O) groups is 1. The van der Waals surface area contributed by atoms with Gasteiger partial charge < -0.3 is 19.1 Å². The molecule has 1 amide bonds. The minimum atomic E-state index is -0.0891. The highest BCUT2D eigenvalue weighted by Crippen LogP contribution is 2.40. The van der Waals surface area contributed by atoms with E-state index in [1.807, 2.05) is 47.4 Å². The summed E-state index contributed by atoms with van der Waals surface area (Å²) in [5, 5.41) is 0. The SMILES string of the molecule is COc1ccccc1[C@@H](CC(=O)N1CCCC1)c1ccc2c(c1)OCO2. The second kappa shape index (κ2) is 7.28. The van der Waals surface area contributed by atoms with Gasteiger partial charge in [0.15, 0.2) is 11.5 Å². The average Bonchev–Trinajstić information content (AvgIpc) is 3.37. The van der Waals surface area contributed by atoms with Gasteiger partial charge in [-0.1, -0.05) is 24.3 Å². The molecule has 2 heterocycles. The highest BCUT2D eigenvalue weighted by Gasteiger charge is 2.27. The number of amides is 1. The zero-order valence-corrected chi connectivity index (χ0v) is 14.9. The van der Waals surface area contributed by atoms with Crippen LogP contribution in [-0.2, 0) is 4.79 Å². The van der Waals surface area contributed by atoms with Gasteiger partial charge in [-0.15, -0.1) is 0 Å². The fourth-order valence-corrected chi connectivity index (χ4v) is 3.76. The van der Waals surface area contributed by atoms with Crippen molar-refractivity contribution < 1.29 is 19.0 Å². The van der Waals surface area contributed by atoms with Crippen LogP contribution in [0.5, 0.6) is 17.2 Å². The lowest BCUT2D eigenvalue weighted by atomic mass is 9.87. The maximum absolute atomic E-state index is 12.9. The number of hydrogen-bond acceptors (Lipinski definition) is 4. The largest absolute Gasteiger partial charge is 0.496 e. The quantitative estimate of drug-likeness (QED) is 0.824. The van der Waals surface area contributed by atoms with Gasteiger partial charge in [0.2, 0.25) is 12.7 Å². The van der Waals surface area contributed by atoms with Gasteiger partial charge in [-0.3, -0.25) is 4.79 Å². The molecule has 2 aromatic rings. The third kappa shape index (κ3) is 3.21. The standard InChI is InChI=1S/C21H23NO4/c1-24-18-7-3-2-6-16(18)17(13-21(23)22-10-4-5-11-22)15-8-9-19-20(12-15)26-14-25-19/h2-3,6-9,12,17H,4-5,10-11,13-14H2,1H3/t17-/m0/s1. The first-order chi connectivity index (χ1) is 12.8. The normalized spacial score (nSPS) is 16.6. The Morgan fingerprint density at radius 1 is 1.12 bits per heavy atom. The minimum Gasteiger partial charge on any atom is -0.496 e. The van der Waals surface area contributed by atoms with E-state index >= 15 is 0 Å². The summed E-state index contributed by atoms with van der Waals surface area (Å²) in [6.45, 7) is 1.96. The summed E-state index contributed by atoms with van der Waals surface area (Å²) in [6.07, 6.45) is 2.60. The highest BCUT2D eigenvalue weighted by molar-refractivity contribution is 5.78. The molecule has 5 nitrogen and oxygen atoms in total. The molecule has 2 aliphatic rings. The summed E-state index contributed by atoms with van der Waals surface area (Å²) >= 11 is 0. The predicted octanol–water partition coefficient (Wildman–Crippen LogP) is 3.57. The number of carbonyl (C=O) groups excluding carboxylic acids is 1. The van der Waals surface area contributed by atoms with Crippen LogP contribution in [0, 0.1) is 0 Å². The lowest BCUT2D eigenvalue weighted by Gasteiger charge is -2.23. The summed E-state index contributed by atoms with van der Waals surface area (Å²) < 4.78 is 16.5. The van der Waals surface area contributed by atoms with Crippen molar-refractivity contribution in [1.82, 2.24) is 4.90 Å². The molecule has 2 aliphatic heterocycles. The van der Waals surface area contributed by atoms with E-state index in [1.165, 1.54) is 0 Å². The molecule has 26 heavy (non-hydrogen) atoms. The summed E-state index contributed by atoms with van der Waals surface area (Å²) in [5.41, 5.74) is 2.05. The topological polar surface area (TPSA) is 48.0 Å². The molecule has 0 unspecified atom stereocenters.